The van der Waals surface area contributed by atoms with Crippen LogP contribution < -0.4 is 5.14 Å². The molecule has 1 aliphatic heterocycles. The van der Waals surface area contributed by atoms with Gasteiger partial charge >= 0.3 is 6.09 Å². The van der Waals surface area contributed by atoms with E-state index in [0.29, 0.717) is 0 Å². The fourth-order valence-electron chi connectivity index (χ4n) is 1.55. The Bertz CT molecular complexity index is 295. The summed E-state index contributed by atoms with van der Waals surface area (Å²) in [5.74, 6) is -2.75. The van der Waals surface area contributed by atoms with Gasteiger partial charge in [-0.05, 0) is 20.8 Å². The molecule has 1 saturated heterocycles. The molecule has 0 aromatic carbocycles. The minimum absolute atomic E-state index is 0.0310. The lowest BCUT2D eigenvalue weighted by atomic mass is 10.1. The van der Waals surface area contributed by atoms with Crippen molar-refractivity contribution >= 4 is 18.0 Å². The zero-order valence-corrected chi connectivity index (χ0v) is 11.0. The molecule has 1 unspecified atom stereocenters. The first-order valence-corrected chi connectivity index (χ1v) is 6.32. The van der Waals surface area contributed by atoms with Crippen LogP contribution >= 0.6 is 11.9 Å². The number of nitrogens with zero attached hydrogens (tertiary/aromatic N) is 1. The quantitative estimate of drug-likeness (QED) is 0.743. The summed E-state index contributed by atoms with van der Waals surface area (Å²) < 4.78 is 31.5. The predicted molar refractivity (Wildman–Crippen MR) is 62.7 cm³/mol. The van der Waals surface area contributed by atoms with Crippen molar-refractivity contribution in [1.29, 1.82) is 0 Å². The molecule has 0 spiro atoms. The highest BCUT2D eigenvalue weighted by molar-refractivity contribution is 7.97. The molecule has 0 aromatic rings. The lowest BCUT2D eigenvalue weighted by Crippen LogP contribution is -2.50. The van der Waals surface area contributed by atoms with E-state index in [1.54, 1.807) is 20.8 Å². The Kier molecular flexibility index (Phi) is 4.24. The summed E-state index contributed by atoms with van der Waals surface area (Å²) in [4.78, 5) is 13.1. The first-order valence-electron chi connectivity index (χ1n) is 5.38. The van der Waals surface area contributed by atoms with Gasteiger partial charge in [0.2, 0.25) is 0 Å². The highest BCUT2D eigenvalue weighted by Gasteiger charge is 2.43. The SMILES string of the molecule is CC(C)(C)OC(=O)N1CCC(F)(F)CC1SN. The van der Waals surface area contributed by atoms with Crippen molar-refractivity contribution in [2.24, 2.45) is 5.14 Å². The number of hydrogen-bond donors (Lipinski definition) is 1. The Morgan fingerprint density at radius 3 is 2.59 bits per heavy atom. The average Bonchev–Trinajstić information content (AvgIpc) is 2.13. The molecule has 1 aliphatic rings. The molecule has 0 aromatic heterocycles. The van der Waals surface area contributed by atoms with Crippen molar-refractivity contribution in [2.75, 3.05) is 6.54 Å². The maximum Gasteiger partial charge on any atom is 0.411 e. The van der Waals surface area contributed by atoms with E-state index in [1.807, 2.05) is 0 Å². The number of likely N-dealkylation sites (tertiary alicyclic amines) is 1. The third-order valence-electron chi connectivity index (χ3n) is 2.32. The smallest absolute Gasteiger partial charge is 0.411 e. The van der Waals surface area contributed by atoms with Crippen LogP contribution in [0.4, 0.5) is 13.6 Å². The maximum atomic E-state index is 13.2. The van der Waals surface area contributed by atoms with Gasteiger partial charge in [0.05, 0.1) is 0 Å². The van der Waals surface area contributed by atoms with Crippen LogP contribution in [0, 0.1) is 0 Å². The van der Waals surface area contributed by atoms with Gasteiger partial charge < -0.3 is 4.74 Å². The molecule has 2 N–H and O–H groups in total. The Morgan fingerprint density at radius 1 is 1.53 bits per heavy atom. The van der Waals surface area contributed by atoms with Crippen molar-refractivity contribution in [3.05, 3.63) is 0 Å². The van der Waals surface area contributed by atoms with Crippen molar-refractivity contribution < 1.29 is 18.3 Å². The van der Waals surface area contributed by atoms with Crippen molar-refractivity contribution in [3.63, 3.8) is 0 Å². The van der Waals surface area contributed by atoms with E-state index in [4.69, 9.17) is 9.88 Å². The van der Waals surface area contributed by atoms with Crippen molar-refractivity contribution in [2.45, 2.75) is 50.5 Å². The molecule has 7 heteroatoms. The molecule has 1 amide bonds. The number of piperidine rings is 1. The third kappa shape index (κ3) is 4.31. The van der Waals surface area contributed by atoms with E-state index >= 15 is 0 Å². The van der Waals surface area contributed by atoms with E-state index < -0.39 is 29.4 Å². The van der Waals surface area contributed by atoms with Crippen LogP contribution in [0.5, 0.6) is 0 Å². The molecule has 1 atom stereocenters. The summed E-state index contributed by atoms with van der Waals surface area (Å²) in [7, 11) is 0. The number of ether oxygens (including phenoxy) is 1. The number of halogens is 2. The fraction of sp³-hybridized carbons (Fsp3) is 0.900. The molecule has 0 radical (unpaired) electrons. The second-order valence-electron chi connectivity index (χ2n) is 5.07. The number of rotatable bonds is 1. The van der Waals surface area contributed by atoms with Crippen LogP contribution in [0.25, 0.3) is 0 Å². The number of carbonyl (C=O) groups is 1. The second kappa shape index (κ2) is 4.97. The van der Waals surface area contributed by atoms with Gasteiger partial charge in [0.25, 0.3) is 5.92 Å². The molecule has 0 aliphatic carbocycles. The highest BCUT2D eigenvalue weighted by Crippen LogP contribution is 2.35. The van der Waals surface area contributed by atoms with Crippen molar-refractivity contribution in [3.8, 4) is 0 Å². The van der Waals surface area contributed by atoms with Crippen LogP contribution in [0.15, 0.2) is 0 Å². The second-order valence-corrected chi connectivity index (χ2v) is 5.89. The molecule has 1 fully saturated rings. The summed E-state index contributed by atoms with van der Waals surface area (Å²) in [5.41, 5.74) is -0.638. The zero-order chi connectivity index (χ0) is 13.3. The lowest BCUT2D eigenvalue weighted by molar-refractivity contribution is -0.0647. The third-order valence-corrected chi connectivity index (χ3v) is 3.06. The Balaban J connectivity index is 2.67. The lowest BCUT2D eigenvalue weighted by Gasteiger charge is -2.38. The van der Waals surface area contributed by atoms with Gasteiger partial charge in [0.1, 0.15) is 11.0 Å². The first-order chi connectivity index (χ1) is 7.64. The largest absolute Gasteiger partial charge is 0.444 e. The minimum atomic E-state index is -2.75. The van der Waals surface area contributed by atoms with Gasteiger partial charge in [0.15, 0.2) is 0 Å². The van der Waals surface area contributed by atoms with Crippen LogP contribution in [0.1, 0.15) is 33.6 Å². The summed E-state index contributed by atoms with van der Waals surface area (Å²) in [6, 6.07) is 0. The molecule has 0 saturated carbocycles. The van der Waals surface area contributed by atoms with Crippen LogP contribution in [0.3, 0.4) is 0 Å². The topological polar surface area (TPSA) is 55.6 Å². The standard InChI is InChI=1S/C10H18F2N2O2S/c1-9(2,3)16-8(15)14-5-4-10(11,12)6-7(14)17-13/h7H,4-6,13H2,1-3H3. The number of amides is 1. The zero-order valence-electron chi connectivity index (χ0n) is 10.2. The van der Waals surface area contributed by atoms with Gasteiger partial charge in [-0.2, -0.15) is 0 Å². The Labute approximate surface area is 104 Å². The number of carbonyl (C=O) groups excluding carboxylic acids is 1. The number of hydrogen-bond acceptors (Lipinski definition) is 4. The molecule has 17 heavy (non-hydrogen) atoms. The summed E-state index contributed by atoms with van der Waals surface area (Å²) in [6.45, 7) is 5.16. The molecule has 4 nitrogen and oxygen atoms in total. The molecule has 100 valence electrons. The van der Waals surface area contributed by atoms with Crippen LogP contribution in [0.2, 0.25) is 0 Å². The van der Waals surface area contributed by atoms with E-state index in [1.165, 1.54) is 4.90 Å². The van der Waals surface area contributed by atoms with Gasteiger partial charge in [0, 0.05) is 19.4 Å². The molecule has 0 bridgehead atoms. The molecular weight excluding hydrogens is 250 g/mol. The minimum Gasteiger partial charge on any atom is -0.444 e. The van der Waals surface area contributed by atoms with Gasteiger partial charge in [-0.3, -0.25) is 10.0 Å². The van der Waals surface area contributed by atoms with Gasteiger partial charge in [-0.15, -0.1) is 0 Å². The maximum absolute atomic E-state index is 13.2. The first kappa shape index (κ1) is 14.5. The monoisotopic (exact) mass is 268 g/mol. The fourth-order valence-corrected chi connectivity index (χ4v) is 2.23. The van der Waals surface area contributed by atoms with E-state index in [0.717, 1.165) is 11.9 Å². The summed E-state index contributed by atoms with van der Waals surface area (Å²) in [5, 5.41) is 4.62. The normalized spacial score (nSPS) is 24.6. The predicted octanol–water partition coefficient (Wildman–Crippen LogP) is 2.59. The Morgan fingerprint density at radius 2 is 2.12 bits per heavy atom. The highest BCUT2D eigenvalue weighted by atomic mass is 32.2. The summed E-state index contributed by atoms with van der Waals surface area (Å²) >= 11 is 0.756. The molecule has 1 rings (SSSR count). The molecule has 1 heterocycles. The van der Waals surface area contributed by atoms with E-state index in [-0.39, 0.29) is 13.0 Å². The van der Waals surface area contributed by atoms with Crippen LogP contribution in [-0.2, 0) is 4.74 Å². The number of alkyl halides is 2. The van der Waals surface area contributed by atoms with E-state index in [2.05, 4.69) is 0 Å². The van der Waals surface area contributed by atoms with Crippen molar-refractivity contribution in [1.82, 2.24) is 4.90 Å². The van der Waals surface area contributed by atoms with Gasteiger partial charge in [-0.25, -0.2) is 13.6 Å². The molecular formula is C10H18F2N2O2S. The Hall–Kier alpha value is -0.560. The van der Waals surface area contributed by atoms with Gasteiger partial charge in [-0.1, -0.05) is 11.9 Å². The average molecular weight is 268 g/mol. The van der Waals surface area contributed by atoms with E-state index in [9.17, 15) is 13.6 Å². The summed E-state index contributed by atoms with van der Waals surface area (Å²) in [6.07, 6.45) is -1.35. The van der Waals surface area contributed by atoms with Crippen LogP contribution in [-0.4, -0.2) is 34.4 Å². The number of nitrogens with two attached hydrogens (primary N) is 1.